The number of ether oxygens (including phenoxy) is 2. The van der Waals surface area contributed by atoms with E-state index in [2.05, 4.69) is 56.9 Å². The molecule has 1 aromatic rings. The minimum absolute atomic E-state index is 0.0327. The number of allylic oxidation sites excluding steroid dienone is 11. The van der Waals surface area contributed by atoms with Crippen molar-refractivity contribution in [3.05, 3.63) is 112 Å². The van der Waals surface area contributed by atoms with Gasteiger partial charge in [-0.25, -0.2) is 0 Å². The van der Waals surface area contributed by atoms with Crippen molar-refractivity contribution in [2.45, 2.75) is 90.8 Å². The lowest BCUT2D eigenvalue weighted by molar-refractivity contribution is -0.229. The molecule has 1 unspecified atom stereocenters. The number of benzene rings is 1. The summed E-state index contributed by atoms with van der Waals surface area (Å²) in [6.07, 6.45) is 16.6. The van der Waals surface area contributed by atoms with Crippen molar-refractivity contribution in [3.63, 3.8) is 0 Å². The number of hydrogen-bond donors (Lipinski definition) is 0. The van der Waals surface area contributed by atoms with E-state index >= 15 is 13.2 Å². The van der Waals surface area contributed by atoms with Crippen LogP contribution in [0.2, 0.25) is 0 Å². The van der Waals surface area contributed by atoms with Gasteiger partial charge in [0.2, 0.25) is 0 Å². The molecule has 0 N–H and O–H groups in total. The van der Waals surface area contributed by atoms with Gasteiger partial charge >= 0.3 is 6.18 Å². The molecule has 2 aliphatic carbocycles. The Morgan fingerprint density at radius 2 is 1.73 bits per heavy atom. The first-order valence-electron chi connectivity index (χ1n) is 17.9. The number of alkyl halides is 3. The van der Waals surface area contributed by atoms with Gasteiger partial charge in [0.15, 0.2) is 11.3 Å². The highest BCUT2D eigenvalue weighted by molar-refractivity contribution is 5.66. The third kappa shape index (κ3) is 8.80. The van der Waals surface area contributed by atoms with Gasteiger partial charge in [0, 0.05) is 36.0 Å². The van der Waals surface area contributed by atoms with Gasteiger partial charge in [0.25, 0.3) is 5.60 Å². The van der Waals surface area contributed by atoms with Gasteiger partial charge in [-0.1, -0.05) is 95.2 Å². The lowest BCUT2D eigenvalue weighted by Crippen LogP contribution is -2.48. The molecule has 9 heteroatoms. The standard InChI is InChI=1S/C43H47F3N4O2/c1-6-8-22-50(23-9-7-2)36-21-20-33(39(25-36)51-5)19-18-32-24-31(26-41(3,4)27-32)14-13-17-38-37(30-49)40(34(28-47)29-48)52-42(38,43(44,45)46)35-15-11-10-12-16-35/h10-11,13-15,17-21,24-25H,6-9,12,16,22-23,26-27H2,1-5H3/b17-13?,19-18+,31-14?. The van der Waals surface area contributed by atoms with Crippen LogP contribution in [0.15, 0.2) is 106 Å². The number of nitriles is 3. The predicted octanol–water partition coefficient (Wildman–Crippen LogP) is 11.1. The van der Waals surface area contributed by atoms with Crippen LogP contribution in [-0.4, -0.2) is 32.0 Å². The third-order valence-corrected chi connectivity index (χ3v) is 9.49. The Hall–Kier alpha value is -5.20. The lowest BCUT2D eigenvalue weighted by Gasteiger charge is -2.36. The highest BCUT2D eigenvalue weighted by Crippen LogP contribution is 2.55. The van der Waals surface area contributed by atoms with Crippen molar-refractivity contribution in [2.24, 2.45) is 5.41 Å². The Balaban J connectivity index is 1.72. The molecule has 0 saturated heterocycles. The molecule has 52 heavy (non-hydrogen) atoms. The van der Waals surface area contributed by atoms with Crippen LogP contribution in [0, 0.1) is 39.4 Å². The fourth-order valence-electron chi connectivity index (χ4n) is 6.99. The second kappa shape index (κ2) is 17.3. The quantitative estimate of drug-likeness (QED) is 0.189. The van der Waals surface area contributed by atoms with Crippen molar-refractivity contribution in [2.75, 3.05) is 25.1 Å². The Morgan fingerprint density at radius 1 is 1.02 bits per heavy atom. The van der Waals surface area contributed by atoms with Gasteiger partial charge in [0.1, 0.15) is 29.5 Å². The van der Waals surface area contributed by atoms with E-state index in [1.54, 1.807) is 37.5 Å². The van der Waals surface area contributed by atoms with Crippen molar-refractivity contribution in [1.29, 1.82) is 15.8 Å². The zero-order chi connectivity index (χ0) is 37.9. The summed E-state index contributed by atoms with van der Waals surface area (Å²) >= 11 is 0. The molecule has 0 bridgehead atoms. The van der Waals surface area contributed by atoms with Gasteiger partial charge in [-0.15, -0.1) is 0 Å². The summed E-state index contributed by atoms with van der Waals surface area (Å²) < 4.78 is 56.9. The molecule has 1 heterocycles. The highest BCUT2D eigenvalue weighted by atomic mass is 19.4. The monoisotopic (exact) mass is 708 g/mol. The van der Waals surface area contributed by atoms with Crippen LogP contribution in [0.25, 0.3) is 6.08 Å². The largest absolute Gasteiger partial charge is 0.496 e. The molecule has 1 atom stereocenters. The van der Waals surface area contributed by atoms with E-state index in [1.807, 2.05) is 12.2 Å². The van der Waals surface area contributed by atoms with Crippen LogP contribution in [-0.2, 0) is 4.74 Å². The molecular formula is C43H47F3N4O2. The zero-order valence-electron chi connectivity index (χ0n) is 30.7. The van der Waals surface area contributed by atoms with Crippen molar-refractivity contribution in [1.82, 2.24) is 0 Å². The normalized spacial score (nSPS) is 20.7. The first-order valence-corrected chi connectivity index (χ1v) is 17.9. The van der Waals surface area contributed by atoms with Crippen LogP contribution in [0.4, 0.5) is 18.9 Å². The Bertz CT molecular complexity index is 1860. The smallest absolute Gasteiger partial charge is 0.436 e. The number of methoxy groups -OCH3 is 1. The predicted molar refractivity (Wildman–Crippen MR) is 200 cm³/mol. The molecule has 6 nitrogen and oxygen atoms in total. The number of rotatable bonds is 13. The molecular weight excluding hydrogens is 661 g/mol. The van der Waals surface area contributed by atoms with Crippen LogP contribution in [0.3, 0.4) is 0 Å². The third-order valence-electron chi connectivity index (χ3n) is 9.49. The summed E-state index contributed by atoms with van der Waals surface area (Å²) in [7, 11) is 1.67. The summed E-state index contributed by atoms with van der Waals surface area (Å²) in [5, 5.41) is 29.1. The van der Waals surface area contributed by atoms with Crippen molar-refractivity contribution < 1.29 is 22.6 Å². The Kier molecular flexibility index (Phi) is 13.2. The van der Waals surface area contributed by atoms with Crippen molar-refractivity contribution >= 4 is 11.8 Å². The van der Waals surface area contributed by atoms with Crippen LogP contribution < -0.4 is 9.64 Å². The minimum atomic E-state index is -5.00. The maximum Gasteiger partial charge on any atom is 0.436 e. The maximum absolute atomic E-state index is 15.2. The lowest BCUT2D eigenvalue weighted by atomic mass is 9.75. The van der Waals surface area contributed by atoms with Gasteiger partial charge in [-0.3, -0.25) is 0 Å². The van der Waals surface area contributed by atoms with Gasteiger partial charge in [-0.05, 0) is 72.8 Å². The molecule has 1 aromatic carbocycles. The fraction of sp³-hybridized carbons (Fsp3) is 0.419. The number of unbranched alkanes of at least 4 members (excludes halogenated alkanes) is 2. The first-order chi connectivity index (χ1) is 24.9. The van der Waals surface area contributed by atoms with E-state index < -0.39 is 34.3 Å². The van der Waals surface area contributed by atoms with Gasteiger partial charge in [-0.2, -0.15) is 29.0 Å². The Morgan fingerprint density at radius 3 is 2.31 bits per heavy atom. The van der Waals surface area contributed by atoms with Crippen LogP contribution in [0.1, 0.15) is 84.6 Å². The molecule has 0 spiro atoms. The molecule has 3 aliphatic rings. The topological polar surface area (TPSA) is 93.1 Å². The van der Waals surface area contributed by atoms with E-state index in [0.29, 0.717) is 12.8 Å². The van der Waals surface area contributed by atoms with Crippen LogP contribution >= 0.6 is 0 Å². The van der Waals surface area contributed by atoms with Crippen LogP contribution in [0.5, 0.6) is 5.75 Å². The van der Waals surface area contributed by atoms with E-state index in [9.17, 15) is 15.8 Å². The first kappa shape index (κ1) is 39.6. The number of anilines is 1. The molecule has 272 valence electrons. The fourth-order valence-corrected chi connectivity index (χ4v) is 6.99. The molecule has 0 radical (unpaired) electrons. The average molecular weight is 709 g/mol. The number of hydrogen-bond acceptors (Lipinski definition) is 6. The van der Waals surface area contributed by atoms with Crippen molar-refractivity contribution in [3.8, 4) is 24.0 Å². The van der Waals surface area contributed by atoms with E-state index in [1.165, 1.54) is 24.3 Å². The SMILES string of the molecule is CCCCN(CCCC)c1ccc(/C=C/C2=CC(=CC=CC3=C(C#N)C(=C(C#N)C#N)OC3(C3=CC=CCC3)C(F)(F)F)CC(C)(C)C2)c(OC)c1. The average Bonchev–Trinajstić information content (AvgIpc) is 3.46. The maximum atomic E-state index is 15.2. The number of nitrogens with zero attached hydrogens (tertiary/aromatic N) is 4. The minimum Gasteiger partial charge on any atom is -0.496 e. The summed E-state index contributed by atoms with van der Waals surface area (Å²) in [6.45, 7) is 10.7. The summed E-state index contributed by atoms with van der Waals surface area (Å²) in [6, 6.07) is 11.3. The molecule has 0 aromatic heterocycles. The molecule has 1 aliphatic heterocycles. The summed E-state index contributed by atoms with van der Waals surface area (Å²) in [4.78, 5) is 2.41. The molecule has 0 amide bonds. The van der Waals surface area contributed by atoms with E-state index in [-0.39, 0.29) is 17.4 Å². The molecule has 0 fully saturated rings. The summed E-state index contributed by atoms with van der Waals surface area (Å²) in [5.41, 5.74) is -0.835. The van der Waals surface area contributed by atoms with Gasteiger partial charge < -0.3 is 14.4 Å². The van der Waals surface area contributed by atoms with Gasteiger partial charge in [0.05, 0.1) is 7.11 Å². The zero-order valence-corrected chi connectivity index (χ0v) is 30.7. The second-order valence-corrected chi connectivity index (χ2v) is 14.1. The summed E-state index contributed by atoms with van der Waals surface area (Å²) in [5.74, 6) is 0.124. The van der Waals surface area contributed by atoms with E-state index in [4.69, 9.17) is 9.47 Å². The Labute approximate surface area is 306 Å². The molecule has 0 saturated carbocycles. The number of halogens is 3. The second-order valence-electron chi connectivity index (χ2n) is 14.1. The highest BCUT2D eigenvalue weighted by Gasteiger charge is 2.65. The molecule has 4 rings (SSSR count). The van der Waals surface area contributed by atoms with E-state index in [0.717, 1.165) is 73.3 Å².